The number of carbonyl (C=O) groups excluding carboxylic acids is 1. The molecule has 0 aliphatic carbocycles. The van der Waals surface area contributed by atoms with Crippen molar-refractivity contribution in [2.75, 3.05) is 5.32 Å². The minimum atomic E-state index is 0. The highest BCUT2D eigenvalue weighted by Gasteiger charge is 2.16. The van der Waals surface area contributed by atoms with Crippen molar-refractivity contribution in [3.8, 4) is 0 Å². The Morgan fingerprint density at radius 3 is 2.95 bits per heavy atom. The van der Waals surface area contributed by atoms with Crippen molar-refractivity contribution >= 4 is 24.0 Å². The van der Waals surface area contributed by atoms with E-state index in [1.54, 1.807) is 0 Å². The van der Waals surface area contributed by atoms with Crippen molar-refractivity contribution < 1.29 is 4.79 Å². The Hall–Kier alpha value is -1.85. The summed E-state index contributed by atoms with van der Waals surface area (Å²) in [6.45, 7) is 2.95. The van der Waals surface area contributed by atoms with Gasteiger partial charge in [-0.2, -0.15) is 5.10 Å². The average molecular weight is 321 g/mol. The topological polar surface area (TPSA) is 59.0 Å². The van der Waals surface area contributed by atoms with Gasteiger partial charge in [0.05, 0.1) is 6.20 Å². The zero-order chi connectivity index (χ0) is 14.8. The van der Waals surface area contributed by atoms with Crippen LogP contribution in [0.1, 0.15) is 36.1 Å². The van der Waals surface area contributed by atoms with E-state index in [1.807, 2.05) is 30.2 Å². The zero-order valence-electron chi connectivity index (χ0n) is 12.8. The monoisotopic (exact) mass is 320 g/mol. The zero-order valence-corrected chi connectivity index (χ0v) is 13.6. The fourth-order valence-corrected chi connectivity index (χ4v) is 2.62. The number of hydrogen-bond donors (Lipinski definition) is 2. The molecule has 2 N–H and O–H groups in total. The van der Waals surface area contributed by atoms with Crippen molar-refractivity contribution in [2.45, 2.75) is 32.4 Å². The average Bonchev–Trinajstić information content (AvgIpc) is 2.90. The largest absolute Gasteiger partial charge is 0.326 e. The minimum absolute atomic E-state index is 0. The summed E-state index contributed by atoms with van der Waals surface area (Å²) in [5, 5.41) is 10.6. The molecule has 0 fully saturated rings. The van der Waals surface area contributed by atoms with E-state index >= 15 is 0 Å². The number of anilines is 1. The Morgan fingerprint density at radius 2 is 2.23 bits per heavy atom. The normalized spacial score (nSPS) is 14.7. The third-order valence-corrected chi connectivity index (χ3v) is 3.90. The molecule has 1 aromatic carbocycles. The molecule has 0 saturated heterocycles. The van der Waals surface area contributed by atoms with Gasteiger partial charge in [-0.15, -0.1) is 12.4 Å². The van der Waals surface area contributed by atoms with E-state index in [9.17, 15) is 4.79 Å². The number of benzene rings is 1. The molecule has 2 aromatic rings. The lowest BCUT2D eigenvalue weighted by Crippen LogP contribution is -2.21. The van der Waals surface area contributed by atoms with Crippen LogP contribution in [0.3, 0.4) is 0 Å². The van der Waals surface area contributed by atoms with E-state index in [-0.39, 0.29) is 24.4 Å². The van der Waals surface area contributed by atoms with E-state index in [0.29, 0.717) is 6.42 Å². The number of aryl methyl sites for hydroxylation is 2. The van der Waals surface area contributed by atoms with Crippen molar-refractivity contribution in [1.29, 1.82) is 0 Å². The summed E-state index contributed by atoms with van der Waals surface area (Å²) < 4.78 is 1.81. The standard InChI is InChI=1S/C16H20N4O.ClH/c1-11(17-8-12-9-18-20(2)10-12)13-3-5-15-14(7-13)4-6-16(21)19-15;/h3,5,7,9-11,17H,4,6,8H2,1-2H3,(H,19,21);1H. The number of halogens is 1. The second kappa shape index (κ2) is 6.94. The Balaban J connectivity index is 0.00000176. The third-order valence-electron chi connectivity index (χ3n) is 3.90. The molecule has 5 nitrogen and oxygen atoms in total. The first-order chi connectivity index (χ1) is 10.1. The minimum Gasteiger partial charge on any atom is -0.326 e. The summed E-state index contributed by atoms with van der Waals surface area (Å²) in [7, 11) is 1.92. The van der Waals surface area contributed by atoms with Crippen LogP contribution in [0.2, 0.25) is 0 Å². The van der Waals surface area contributed by atoms with Gasteiger partial charge in [0.2, 0.25) is 5.91 Å². The van der Waals surface area contributed by atoms with Gasteiger partial charge in [-0.1, -0.05) is 12.1 Å². The number of amides is 1. The summed E-state index contributed by atoms with van der Waals surface area (Å²) in [5.41, 5.74) is 4.60. The summed E-state index contributed by atoms with van der Waals surface area (Å²) in [6, 6.07) is 6.53. The van der Waals surface area contributed by atoms with E-state index < -0.39 is 0 Å². The summed E-state index contributed by atoms with van der Waals surface area (Å²) in [6.07, 6.45) is 5.29. The molecular formula is C16H21ClN4O. The molecule has 1 aromatic heterocycles. The van der Waals surface area contributed by atoms with Gasteiger partial charge in [-0.05, 0) is 30.5 Å². The predicted molar refractivity (Wildman–Crippen MR) is 89.1 cm³/mol. The lowest BCUT2D eigenvalue weighted by atomic mass is 9.98. The Morgan fingerprint density at radius 1 is 1.41 bits per heavy atom. The molecule has 1 aliphatic heterocycles. The maximum Gasteiger partial charge on any atom is 0.224 e. The second-order valence-corrected chi connectivity index (χ2v) is 5.59. The highest BCUT2D eigenvalue weighted by Crippen LogP contribution is 2.26. The van der Waals surface area contributed by atoms with Crippen LogP contribution in [-0.2, 0) is 24.8 Å². The number of aromatic nitrogens is 2. The molecule has 1 amide bonds. The molecule has 1 aliphatic rings. The molecule has 0 bridgehead atoms. The van der Waals surface area contributed by atoms with Crippen LogP contribution in [0.25, 0.3) is 0 Å². The van der Waals surface area contributed by atoms with Crippen molar-refractivity contribution in [1.82, 2.24) is 15.1 Å². The third kappa shape index (κ3) is 3.67. The number of nitrogens with one attached hydrogen (secondary N) is 2. The van der Waals surface area contributed by atoms with Crippen molar-refractivity contribution in [2.24, 2.45) is 7.05 Å². The van der Waals surface area contributed by atoms with Crippen molar-refractivity contribution in [3.05, 3.63) is 47.3 Å². The predicted octanol–water partition coefficient (Wildman–Crippen LogP) is 2.58. The Labute approximate surface area is 136 Å². The highest BCUT2D eigenvalue weighted by atomic mass is 35.5. The van der Waals surface area contributed by atoms with Gasteiger partial charge < -0.3 is 10.6 Å². The van der Waals surface area contributed by atoms with Crippen LogP contribution in [0.15, 0.2) is 30.6 Å². The number of nitrogens with zero attached hydrogens (tertiary/aromatic N) is 2. The van der Waals surface area contributed by atoms with E-state index in [4.69, 9.17) is 0 Å². The lowest BCUT2D eigenvalue weighted by molar-refractivity contribution is -0.116. The van der Waals surface area contributed by atoms with Crippen LogP contribution < -0.4 is 10.6 Å². The smallest absolute Gasteiger partial charge is 0.224 e. The number of hydrogen-bond acceptors (Lipinski definition) is 3. The molecule has 0 saturated carbocycles. The fraction of sp³-hybridized carbons (Fsp3) is 0.375. The fourth-order valence-electron chi connectivity index (χ4n) is 2.62. The first-order valence-electron chi connectivity index (χ1n) is 7.25. The van der Waals surface area contributed by atoms with Crippen molar-refractivity contribution in [3.63, 3.8) is 0 Å². The van der Waals surface area contributed by atoms with Crippen LogP contribution in [-0.4, -0.2) is 15.7 Å². The number of fused-ring (bicyclic) bond motifs is 1. The molecule has 2 heterocycles. The van der Waals surface area contributed by atoms with E-state index in [1.165, 1.54) is 16.7 Å². The van der Waals surface area contributed by atoms with Gasteiger partial charge in [-0.3, -0.25) is 9.48 Å². The maximum absolute atomic E-state index is 11.4. The summed E-state index contributed by atoms with van der Waals surface area (Å²) in [5.74, 6) is 0.109. The molecule has 0 radical (unpaired) electrons. The highest BCUT2D eigenvalue weighted by molar-refractivity contribution is 5.93. The quantitative estimate of drug-likeness (QED) is 0.910. The molecule has 1 atom stereocenters. The van der Waals surface area contributed by atoms with Crippen LogP contribution in [0, 0.1) is 0 Å². The molecule has 6 heteroatoms. The van der Waals surface area contributed by atoms with Gasteiger partial charge in [-0.25, -0.2) is 0 Å². The summed E-state index contributed by atoms with van der Waals surface area (Å²) in [4.78, 5) is 11.4. The molecular weight excluding hydrogens is 300 g/mol. The Kier molecular flexibility index (Phi) is 5.21. The Bertz CT molecular complexity index is 668. The second-order valence-electron chi connectivity index (χ2n) is 5.59. The van der Waals surface area contributed by atoms with Crippen LogP contribution in [0.4, 0.5) is 5.69 Å². The maximum atomic E-state index is 11.4. The van der Waals surface area contributed by atoms with Gasteiger partial charge in [0.25, 0.3) is 0 Å². The molecule has 22 heavy (non-hydrogen) atoms. The summed E-state index contributed by atoms with van der Waals surface area (Å²) >= 11 is 0. The van der Waals surface area contributed by atoms with Gasteiger partial charge in [0.15, 0.2) is 0 Å². The first-order valence-corrected chi connectivity index (χ1v) is 7.25. The molecule has 1 unspecified atom stereocenters. The first kappa shape index (κ1) is 16.5. The van der Waals surface area contributed by atoms with E-state index in [0.717, 1.165) is 18.7 Å². The van der Waals surface area contributed by atoms with Gasteiger partial charge >= 0.3 is 0 Å². The molecule has 3 rings (SSSR count). The molecule has 0 spiro atoms. The number of carbonyl (C=O) groups is 1. The van der Waals surface area contributed by atoms with Crippen LogP contribution in [0.5, 0.6) is 0 Å². The SMILES string of the molecule is CC(NCc1cnn(C)c1)c1ccc2c(c1)CCC(=O)N2.Cl. The lowest BCUT2D eigenvalue weighted by Gasteiger charge is -2.20. The van der Waals surface area contributed by atoms with Crippen LogP contribution >= 0.6 is 12.4 Å². The van der Waals surface area contributed by atoms with Gasteiger partial charge in [0, 0.05) is 43.5 Å². The van der Waals surface area contributed by atoms with E-state index in [2.05, 4.69) is 34.8 Å². The molecule has 118 valence electrons. The van der Waals surface area contributed by atoms with Gasteiger partial charge in [0.1, 0.15) is 0 Å². The number of rotatable bonds is 4.